The average molecular weight is 348 g/mol. The fraction of sp³-hybridized carbons (Fsp3) is 0.474. The van der Waals surface area contributed by atoms with E-state index >= 15 is 0 Å². The Morgan fingerprint density at radius 1 is 1.29 bits per heavy atom. The molecule has 1 saturated carbocycles. The van der Waals surface area contributed by atoms with Crippen LogP contribution in [0.15, 0.2) is 36.9 Å². The molecule has 0 unspecified atom stereocenters. The molecule has 4 nitrogen and oxygen atoms in total. The molecule has 0 radical (unpaired) electrons. The summed E-state index contributed by atoms with van der Waals surface area (Å²) in [6.45, 7) is 4.51. The van der Waals surface area contributed by atoms with E-state index in [4.69, 9.17) is 11.6 Å². The molecule has 0 bridgehead atoms. The standard InChI is InChI=1S/C19H22ClNO3/c1-2-8-19(9-3-10-19)18(24)21-11-15(16(12-21)17(22)23)13-4-6-14(20)7-5-13/h2,4-7,15-16H,1,3,8-12H2,(H,22,23)/t15-,16+/m0/s1. The third-order valence-electron chi connectivity index (χ3n) is 5.52. The quantitative estimate of drug-likeness (QED) is 0.826. The second kappa shape index (κ2) is 6.60. The van der Waals surface area contributed by atoms with Gasteiger partial charge in [-0.15, -0.1) is 6.58 Å². The molecule has 1 N–H and O–H groups in total. The van der Waals surface area contributed by atoms with E-state index in [1.807, 2.05) is 12.1 Å². The molecule has 5 heteroatoms. The number of benzene rings is 1. The van der Waals surface area contributed by atoms with Crippen LogP contribution < -0.4 is 0 Å². The first-order chi connectivity index (χ1) is 11.5. The summed E-state index contributed by atoms with van der Waals surface area (Å²) in [7, 11) is 0. The lowest BCUT2D eigenvalue weighted by Crippen LogP contribution is -2.47. The largest absolute Gasteiger partial charge is 0.481 e. The van der Waals surface area contributed by atoms with Crippen LogP contribution in [0.25, 0.3) is 0 Å². The molecule has 2 aliphatic rings. The first kappa shape index (κ1) is 17.0. The second-order valence-electron chi connectivity index (χ2n) is 6.94. The number of rotatable bonds is 5. The molecule has 1 aliphatic carbocycles. The molecule has 1 aliphatic heterocycles. The molecule has 128 valence electrons. The SMILES string of the molecule is C=CCC1(C(=O)N2C[C@@H](C(=O)O)[C@H](c3ccc(Cl)cc3)C2)CCC1. The number of aliphatic carboxylic acids is 1. The van der Waals surface area contributed by atoms with Gasteiger partial charge in [-0.3, -0.25) is 9.59 Å². The number of likely N-dealkylation sites (tertiary alicyclic amines) is 1. The lowest BCUT2D eigenvalue weighted by molar-refractivity contribution is -0.147. The van der Waals surface area contributed by atoms with Crippen molar-refractivity contribution in [3.8, 4) is 0 Å². The Hall–Kier alpha value is -1.81. The van der Waals surface area contributed by atoms with E-state index in [9.17, 15) is 14.7 Å². The van der Waals surface area contributed by atoms with Gasteiger partial charge in [-0.2, -0.15) is 0 Å². The van der Waals surface area contributed by atoms with Crippen molar-refractivity contribution in [3.63, 3.8) is 0 Å². The predicted octanol–water partition coefficient (Wildman–Crippen LogP) is 3.71. The van der Waals surface area contributed by atoms with Crippen molar-refractivity contribution in [3.05, 3.63) is 47.5 Å². The van der Waals surface area contributed by atoms with Crippen molar-refractivity contribution in [2.75, 3.05) is 13.1 Å². The minimum Gasteiger partial charge on any atom is -0.481 e. The van der Waals surface area contributed by atoms with E-state index < -0.39 is 11.9 Å². The Labute approximate surface area is 147 Å². The Bertz CT molecular complexity index is 651. The summed E-state index contributed by atoms with van der Waals surface area (Å²) in [6, 6.07) is 7.26. The monoisotopic (exact) mass is 347 g/mol. The van der Waals surface area contributed by atoms with Crippen LogP contribution in [0.2, 0.25) is 5.02 Å². The molecule has 1 saturated heterocycles. The van der Waals surface area contributed by atoms with E-state index in [2.05, 4.69) is 6.58 Å². The van der Waals surface area contributed by atoms with Crippen LogP contribution in [-0.4, -0.2) is 35.0 Å². The highest BCUT2D eigenvalue weighted by Gasteiger charge is 2.49. The molecule has 1 heterocycles. The van der Waals surface area contributed by atoms with Gasteiger partial charge in [0.15, 0.2) is 0 Å². The van der Waals surface area contributed by atoms with Crippen LogP contribution >= 0.6 is 11.6 Å². The summed E-state index contributed by atoms with van der Waals surface area (Å²) < 4.78 is 0. The van der Waals surface area contributed by atoms with Crippen LogP contribution in [0.3, 0.4) is 0 Å². The number of halogens is 1. The average Bonchev–Trinajstić information content (AvgIpc) is 2.96. The van der Waals surface area contributed by atoms with E-state index in [1.54, 1.807) is 23.1 Å². The molecule has 0 spiro atoms. The number of hydrogen-bond donors (Lipinski definition) is 1. The van der Waals surface area contributed by atoms with Gasteiger partial charge in [-0.25, -0.2) is 0 Å². The lowest BCUT2D eigenvalue weighted by Gasteiger charge is -2.42. The number of hydrogen-bond acceptors (Lipinski definition) is 2. The molecule has 1 aromatic carbocycles. The number of allylic oxidation sites excluding steroid dienone is 1. The summed E-state index contributed by atoms with van der Waals surface area (Å²) in [6.07, 6.45) is 5.27. The van der Waals surface area contributed by atoms with Gasteiger partial charge in [0, 0.05) is 24.0 Å². The number of nitrogens with zero attached hydrogens (tertiary/aromatic N) is 1. The van der Waals surface area contributed by atoms with Gasteiger partial charge in [0.25, 0.3) is 0 Å². The van der Waals surface area contributed by atoms with Crippen molar-refractivity contribution < 1.29 is 14.7 Å². The zero-order valence-corrected chi connectivity index (χ0v) is 14.3. The highest BCUT2D eigenvalue weighted by molar-refractivity contribution is 6.30. The third-order valence-corrected chi connectivity index (χ3v) is 5.77. The highest BCUT2D eigenvalue weighted by Crippen LogP contribution is 2.47. The van der Waals surface area contributed by atoms with Crippen LogP contribution in [0, 0.1) is 11.3 Å². The summed E-state index contributed by atoms with van der Waals surface area (Å²) in [5, 5.41) is 10.2. The first-order valence-corrected chi connectivity index (χ1v) is 8.73. The normalized spacial score (nSPS) is 25.1. The Balaban J connectivity index is 1.82. The molecule has 24 heavy (non-hydrogen) atoms. The molecule has 1 amide bonds. The van der Waals surface area contributed by atoms with Crippen molar-refractivity contribution in [2.24, 2.45) is 11.3 Å². The van der Waals surface area contributed by atoms with Crippen LogP contribution in [0.5, 0.6) is 0 Å². The maximum Gasteiger partial charge on any atom is 0.308 e. The maximum atomic E-state index is 13.0. The van der Waals surface area contributed by atoms with Crippen molar-refractivity contribution >= 4 is 23.5 Å². The van der Waals surface area contributed by atoms with E-state index in [1.165, 1.54) is 0 Å². The van der Waals surface area contributed by atoms with Crippen molar-refractivity contribution in [1.29, 1.82) is 0 Å². The molecule has 1 aromatic rings. The fourth-order valence-corrected chi connectivity index (χ4v) is 4.11. The third kappa shape index (κ3) is 2.95. The predicted molar refractivity (Wildman–Crippen MR) is 93.0 cm³/mol. The van der Waals surface area contributed by atoms with Crippen LogP contribution in [-0.2, 0) is 9.59 Å². The minimum absolute atomic E-state index is 0.0939. The van der Waals surface area contributed by atoms with Gasteiger partial charge in [0.05, 0.1) is 11.3 Å². The molecular weight excluding hydrogens is 326 g/mol. The number of carbonyl (C=O) groups excluding carboxylic acids is 1. The van der Waals surface area contributed by atoms with Gasteiger partial charge in [-0.05, 0) is 37.0 Å². The Morgan fingerprint density at radius 3 is 2.46 bits per heavy atom. The Morgan fingerprint density at radius 2 is 1.96 bits per heavy atom. The van der Waals surface area contributed by atoms with E-state index in [-0.39, 0.29) is 23.8 Å². The van der Waals surface area contributed by atoms with Gasteiger partial charge in [0.2, 0.25) is 5.91 Å². The summed E-state index contributed by atoms with van der Waals surface area (Å²) in [5.74, 6) is -1.52. The molecular formula is C19H22ClNO3. The Kier molecular flexibility index (Phi) is 4.68. The topological polar surface area (TPSA) is 57.6 Å². The van der Waals surface area contributed by atoms with Crippen molar-refractivity contribution in [1.82, 2.24) is 4.90 Å². The van der Waals surface area contributed by atoms with Gasteiger partial charge >= 0.3 is 5.97 Å². The summed E-state index contributed by atoms with van der Waals surface area (Å²) in [5.41, 5.74) is 0.577. The number of carboxylic acid groups (broad SMARTS) is 1. The van der Waals surface area contributed by atoms with Crippen molar-refractivity contribution in [2.45, 2.75) is 31.6 Å². The molecule has 3 rings (SSSR count). The fourth-order valence-electron chi connectivity index (χ4n) is 3.99. The lowest BCUT2D eigenvalue weighted by atomic mass is 9.65. The van der Waals surface area contributed by atoms with Gasteiger partial charge in [-0.1, -0.05) is 36.2 Å². The van der Waals surface area contributed by atoms with E-state index in [0.29, 0.717) is 18.0 Å². The molecule has 2 fully saturated rings. The first-order valence-electron chi connectivity index (χ1n) is 8.35. The van der Waals surface area contributed by atoms with Crippen LogP contribution in [0.1, 0.15) is 37.2 Å². The maximum absolute atomic E-state index is 13.0. The van der Waals surface area contributed by atoms with Gasteiger partial charge in [0.1, 0.15) is 0 Å². The zero-order valence-electron chi connectivity index (χ0n) is 13.6. The number of amides is 1. The minimum atomic E-state index is -0.850. The van der Waals surface area contributed by atoms with E-state index in [0.717, 1.165) is 24.8 Å². The summed E-state index contributed by atoms with van der Waals surface area (Å²) >= 11 is 5.93. The smallest absolute Gasteiger partial charge is 0.308 e. The number of carboxylic acids is 1. The zero-order chi connectivity index (χ0) is 17.3. The summed E-state index contributed by atoms with van der Waals surface area (Å²) in [4.78, 5) is 26.5. The second-order valence-corrected chi connectivity index (χ2v) is 7.38. The van der Waals surface area contributed by atoms with Gasteiger partial charge < -0.3 is 10.0 Å². The number of carbonyl (C=O) groups is 2. The molecule has 2 atom stereocenters. The molecule has 0 aromatic heterocycles. The highest BCUT2D eigenvalue weighted by atomic mass is 35.5. The van der Waals surface area contributed by atoms with Crippen LogP contribution in [0.4, 0.5) is 0 Å².